The van der Waals surface area contributed by atoms with Gasteiger partial charge >= 0.3 is 0 Å². The monoisotopic (exact) mass is 253 g/mol. The highest BCUT2D eigenvalue weighted by atomic mass is 32.1. The number of aliphatic hydroxyl groups is 1. The molecule has 0 radical (unpaired) electrons. The van der Waals surface area contributed by atoms with Gasteiger partial charge in [-0.05, 0) is 42.5 Å². The van der Waals surface area contributed by atoms with Crippen molar-refractivity contribution in [3.05, 3.63) is 22.4 Å². The van der Waals surface area contributed by atoms with E-state index in [-0.39, 0.29) is 6.10 Å². The quantitative estimate of drug-likeness (QED) is 0.863. The second-order valence-electron chi connectivity index (χ2n) is 5.55. The molecule has 1 aromatic heterocycles. The topological polar surface area (TPSA) is 32.3 Å². The van der Waals surface area contributed by atoms with E-state index in [2.05, 4.69) is 19.2 Å². The first kappa shape index (κ1) is 13.1. The van der Waals surface area contributed by atoms with Crippen LogP contribution in [0.5, 0.6) is 0 Å². The third-order valence-corrected chi connectivity index (χ3v) is 4.62. The number of rotatable bonds is 4. The number of aliphatic hydroxyl groups excluding tert-OH is 1. The maximum atomic E-state index is 10.0. The van der Waals surface area contributed by atoms with E-state index in [0.29, 0.717) is 12.6 Å². The molecule has 3 atom stereocenters. The maximum absolute atomic E-state index is 10.0. The van der Waals surface area contributed by atoms with Crippen LogP contribution in [0.25, 0.3) is 0 Å². The highest BCUT2D eigenvalue weighted by Crippen LogP contribution is 2.28. The lowest BCUT2D eigenvalue weighted by molar-refractivity contribution is 0.158. The SMILES string of the molecule is CC1CC(C)CC(NCC(O)c2cccs2)C1. The maximum Gasteiger partial charge on any atom is 0.101 e. The number of thiophene rings is 1. The van der Waals surface area contributed by atoms with Crippen LogP contribution in [0.2, 0.25) is 0 Å². The Labute approximate surface area is 108 Å². The van der Waals surface area contributed by atoms with Gasteiger partial charge in [0.15, 0.2) is 0 Å². The van der Waals surface area contributed by atoms with Crippen LogP contribution < -0.4 is 5.32 Å². The van der Waals surface area contributed by atoms with E-state index in [4.69, 9.17) is 0 Å². The van der Waals surface area contributed by atoms with Crippen LogP contribution >= 0.6 is 11.3 Å². The van der Waals surface area contributed by atoms with Gasteiger partial charge in [0.25, 0.3) is 0 Å². The minimum atomic E-state index is -0.345. The normalized spacial score (nSPS) is 31.4. The second-order valence-corrected chi connectivity index (χ2v) is 6.53. The molecule has 1 heterocycles. The van der Waals surface area contributed by atoms with Gasteiger partial charge in [-0.3, -0.25) is 0 Å². The molecule has 2 rings (SSSR count). The fourth-order valence-electron chi connectivity index (χ4n) is 2.97. The van der Waals surface area contributed by atoms with E-state index in [1.807, 2.05) is 17.5 Å². The standard InChI is InChI=1S/C14H23NOS/c1-10-6-11(2)8-12(7-10)15-9-13(16)14-4-3-5-17-14/h3-5,10-13,15-16H,6-9H2,1-2H3. The summed E-state index contributed by atoms with van der Waals surface area (Å²) in [5.74, 6) is 1.63. The molecule has 1 aliphatic carbocycles. The summed E-state index contributed by atoms with van der Waals surface area (Å²) in [4.78, 5) is 1.06. The van der Waals surface area contributed by atoms with E-state index in [1.54, 1.807) is 11.3 Å². The minimum absolute atomic E-state index is 0.345. The van der Waals surface area contributed by atoms with Crippen LogP contribution in [0.4, 0.5) is 0 Å². The molecule has 1 saturated carbocycles. The molecule has 17 heavy (non-hydrogen) atoms. The summed E-state index contributed by atoms with van der Waals surface area (Å²) in [5, 5.41) is 15.6. The van der Waals surface area contributed by atoms with Crippen molar-refractivity contribution in [3.8, 4) is 0 Å². The van der Waals surface area contributed by atoms with Crippen LogP contribution in [0.1, 0.15) is 44.1 Å². The van der Waals surface area contributed by atoms with Crippen LogP contribution in [0.15, 0.2) is 17.5 Å². The minimum Gasteiger partial charge on any atom is -0.386 e. The van der Waals surface area contributed by atoms with Gasteiger partial charge < -0.3 is 10.4 Å². The lowest BCUT2D eigenvalue weighted by atomic mass is 9.80. The fourth-order valence-corrected chi connectivity index (χ4v) is 3.69. The molecule has 0 bridgehead atoms. The Morgan fingerprint density at radius 3 is 2.65 bits per heavy atom. The first-order chi connectivity index (χ1) is 8.15. The molecular weight excluding hydrogens is 230 g/mol. The first-order valence-corrected chi connectivity index (χ1v) is 7.48. The lowest BCUT2D eigenvalue weighted by Gasteiger charge is -2.32. The molecule has 1 fully saturated rings. The van der Waals surface area contributed by atoms with E-state index in [0.717, 1.165) is 16.7 Å². The van der Waals surface area contributed by atoms with Gasteiger partial charge in [0.05, 0.1) is 0 Å². The molecule has 0 aromatic carbocycles. The van der Waals surface area contributed by atoms with Crippen molar-refractivity contribution in [1.82, 2.24) is 5.32 Å². The molecule has 3 unspecified atom stereocenters. The van der Waals surface area contributed by atoms with Gasteiger partial charge in [-0.2, -0.15) is 0 Å². The van der Waals surface area contributed by atoms with Crippen molar-refractivity contribution in [2.75, 3.05) is 6.54 Å². The zero-order valence-corrected chi connectivity index (χ0v) is 11.5. The molecule has 1 aliphatic rings. The van der Waals surface area contributed by atoms with Crippen LogP contribution in [-0.4, -0.2) is 17.7 Å². The summed E-state index contributed by atoms with van der Waals surface area (Å²) in [6.07, 6.45) is 3.51. The highest BCUT2D eigenvalue weighted by Gasteiger charge is 2.24. The fraction of sp³-hybridized carbons (Fsp3) is 0.714. The Kier molecular flexibility index (Phi) is 4.60. The van der Waals surface area contributed by atoms with Crippen molar-refractivity contribution in [2.24, 2.45) is 11.8 Å². The third kappa shape index (κ3) is 3.80. The van der Waals surface area contributed by atoms with Gasteiger partial charge in [-0.1, -0.05) is 19.9 Å². The number of nitrogens with one attached hydrogen (secondary N) is 1. The largest absolute Gasteiger partial charge is 0.386 e. The van der Waals surface area contributed by atoms with Crippen molar-refractivity contribution in [2.45, 2.75) is 45.3 Å². The summed E-state index contributed by atoms with van der Waals surface area (Å²) < 4.78 is 0. The summed E-state index contributed by atoms with van der Waals surface area (Å²) in [6, 6.07) is 4.58. The molecule has 96 valence electrons. The summed E-state index contributed by atoms with van der Waals surface area (Å²) in [6.45, 7) is 5.35. The Morgan fingerprint density at radius 1 is 1.35 bits per heavy atom. The van der Waals surface area contributed by atoms with Crippen LogP contribution in [0, 0.1) is 11.8 Å². The van der Waals surface area contributed by atoms with Gasteiger partial charge in [0.2, 0.25) is 0 Å². The van der Waals surface area contributed by atoms with Gasteiger partial charge in [0, 0.05) is 17.5 Å². The molecule has 3 heteroatoms. The van der Waals surface area contributed by atoms with E-state index in [1.165, 1.54) is 19.3 Å². The second kappa shape index (κ2) is 5.98. The van der Waals surface area contributed by atoms with Crippen molar-refractivity contribution in [3.63, 3.8) is 0 Å². The molecule has 0 aliphatic heterocycles. The number of hydrogen-bond donors (Lipinski definition) is 2. The molecule has 0 spiro atoms. The summed E-state index contributed by atoms with van der Waals surface area (Å²) in [7, 11) is 0. The van der Waals surface area contributed by atoms with E-state index in [9.17, 15) is 5.11 Å². The Hall–Kier alpha value is -0.380. The molecule has 2 N–H and O–H groups in total. The third-order valence-electron chi connectivity index (χ3n) is 3.65. The first-order valence-electron chi connectivity index (χ1n) is 6.60. The van der Waals surface area contributed by atoms with Crippen molar-refractivity contribution < 1.29 is 5.11 Å². The van der Waals surface area contributed by atoms with Crippen LogP contribution in [0.3, 0.4) is 0 Å². The van der Waals surface area contributed by atoms with E-state index < -0.39 is 0 Å². The smallest absolute Gasteiger partial charge is 0.101 e. The zero-order valence-electron chi connectivity index (χ0n) is 10.7. The Morgan fingerprint density at radius 2 is 2.06 bits per heavy atom. The van der Waals surface area contributed by atoms with Crippen LogP contribution in [-0.2, 0) is 0 Å². The average Bonchev–Trinajstić information content (AvgIpc) is 2.78. The molecule has 1 aromatic rings. The average molecular weight is 253 g/mol. The van der Waals surface area contributed by atoms with Gasteiger partial charge in [-0.15, -0.1) is 11.3 Å². The number of hydrogen-bond acceptors (Lipinski definition) is 3. The van der Waals surface area contributed by atoms with E-state index >= 15 is 0 Å². The molecule has 2 nitrogen and oxygen atoms in total. The Balaban J connectivity index is 1.78. The molecular formula is C14H23NOS. The summed E-state index contributed by atoms with van der Waals surface area (Å²) >= 11 is 1.63. The van der Waals surface area contributed by atoms with Gasteiger partial charge in [-0.25, -0.2) is 0 Å². The Bertz CT molecular complexity index is 315. The van der Waals surface area contributed by atoms with Crippen molar-refractivity contribution >= 4 is 11.3 Å². The summed E-state index contributed by atoms with van der Waals surface area (Å²) in [5.41, 5.74) is 0. The predicted molar refractivity (Wildman–Crippen MR) is 73.2 cm³/mol. The highest BCUT2D eigenvalue weighted by molar-refractivity contribution is 7.10. The zero-order chi connectivity index (χ0) is 12.3. The van der Waals surface area contributed by atoms with Crippen molar-refractivity contribution in [1.29, 1.82) is 0 Å². The molecule has 0 amide bonds. The lowest BCUT2D eigenvalue weighted by Crippen LogP contribution is -2.38. The van der Waals surface area contributed by atoms with Gasteiger partial charge in [0.1, 0.15) is 6.10 Å². The molecule has 0 saturated heterocycles. The predicted octanol–water partition coefficient (Wildman–Crippen LogP) is 3.20.